The van der Waals surface area contributed by atoms with Gasteiger partial charge in [-0.2, -0.15) is 4.91 Å². The zero-order valence-corrected chi connectivity index (χ0v) is 12.5. The Morgan fingerprint density at radius 3 is 2.86 bits per heavy atom. The van der Waals surface area contributed by atoms with E-state index in [1.165, 1.54) is 0 Å². The van der Waals surface area contributed by atoms with E-state index in [4.69, 9.17) is 4.74 Å². The second-order valence-electron chi connectivity index (χ2n) is 4.48. The maximum Gasteiger partial charge on any atom is 0.129 e. The Kier molecular flexibility index (Phi) is 3.70. The van der Waals surface area contributed by atoms with Crippen LogP contribution in [0.4, 0.5) is 0 Å². The van der Waals surface area contributed by atoms with Crippen LogP contribution in [-0.4, -0.2) is 23.3 Å². The van der Waals surface area contributed by atoms with Crippen LogP contribution < -0.4 is 4.74 Å². The molecule has 0 aliphatic heterocycles. The molecule has 21 heavy (non-hydrogen) atoms. The van der Waals surface area contributed by atoms with Crippen molar-refractivity contribution in [2.75, 3.05) is 13.4 Å². The van der Waals surface area contributed by atoms with Crippen molar-refractivity contribution in [3.63, 3.8) is 0 Å². The average molecular weight is 299 g/mol. The molecule has 0 N–H and O–H groups in total. The number of methoxy groups -OCH3 is 1. The van der Waals surface area contributed by atoms with Crippen molar-refractivity contribution in [2.45, 2.75) is 11.4 Å². The molecule has 0 atom stereocenters. The lowest BCUT2D eigenvalue weighted by molar-refractivity contribution is 0.420. The zero-order chi connectivity index (χ0) is 14.8. The second-order valence-corrected chi connectivity index (χ2v) is 5.33. The summed E-state index contributed by atoms with van der Waals surface area (Å²) in [6.07, 6.45) is 3.72. The molecule has 5 nitrogen and oxygen atoms in total. The van der Waals surface area contributed by atoms with Crippen LogP contribution in [0, 0.1) is 4.91 Å². The third kappa shape index (κ3) is 2.31. The number of benzene rings is 1. The van der Waals surface area contributed by atoms with E-state index < -0.39 is 0 Å². The van der Waals surface area contributed by atoms with Gasteiger partial charge in [0.25, 0.3) is 0 Å². The van der Waals surface area contributed by atoms with Crippen molar-refractivity contribution in [2.24, 2.45) is 5.18 Å². The SMILES string of the molecule is COc1cc2c(SC)cc(CN=O)nc2c2ncccc12. The third-order valence-electron chi connectivity index (χ3n) is 3.31. The Hall–Kier alpha value is -2.21. The molecule has 3 rings (SSSR count). The first-order chi connectivity index (χ1) is 10.3. The molecule has 0 radical (unpaired) electrons. The molecule has 0 spiro atoms. The number of fused-ring (bicyclic) bond motifs is 3. The lowest BCUT2D eigenvalue weighted by atomic mass is 10.1. The molecule has 106 valence electrons. The van der Waals surface area contributed by atoms with Gasteiger partial charge in [0.05, 0.1) is 18.3 Å². The Bertz CT molecular complexity index is 836. The molecule has 0 saturated carbocycles. The van der Waals surface area contributed by atoms with Crippen LogP contribution in [0.2, 0.25) is 0 Å². The standard InChI is InChI=1S/C15H13N3O2S/c1-20-12-7-11-13(21-2)6-9(8-17-19)18-15(11)14-10(12)4-3-5-16-14/h3-7H,8H2,1-2H3. The van der Waals surface area contributed by atoms with Crippen LogP contribution in [0.5, 0.6) is 5.75 Å². The largest absolute Gasteiger partial charge is 0.496 e. The summed E-state index contributed by atoms with van der Waals surface area (Å²) in [5.41, 5.74) is 2.20. The number of thioether (sulfide) groups is 1. The molecular weight excluding hydrogens is 286 g/mol. The van der Waals surface area contributed by atoms with Gasteiger partial charge in [0, 0.05) is 21.9 Å². The number of hydrogen-bond donors (Lipinski definition) is 0. The van der Waals surface area contributed by atoms with Gasteiger partial charge >= 0.3 is 0 Å². The molecule has 0 amide bonds. The summed E-state index contributed by atoms with van der Waals surface area (Å²) in [4.78, 5) is 20.6. The van der Waals surface area contributed by atoms with E-state index in [9.17, 15) is 4.91 Å². The number of nitroso groups, excluding NO2 is 1. The van der Waals surface area contributed by atoms with Crippen molar-refractivity contribution in [3.8, 4) is 5.75 Å². The first kappa shape index (κ1) is 13.8. The first-order valence-electron chi connectivity index (χ1n) is 6.37. The number of rotatable bonds is 4. The van der Waals surface area contributed by atoms with E-state index in [0.29, 0.717) is 5.69 Å². The summed E-state index contributed by atoms with van der Waals surface area (Å²) >= 11 is 1.60. The number of aromatic nitrogens is 2. The summed E-state index contributed by atoms with van der Waals surface area (Å²) in [5, 5.41) is 4.81. The predicted octanol–water partition coefficient (Wildman–Crippen LogP) is 3.78. The average Bonchev–Trinajstić information content (AvgIpc) is 2.53. The van der Waals surface area contributed by atoms with Crippen LogP contribution in [0.25, 0.3) is 21.8 Å². The summed E-state index contributed by atoms with van der Waals surface area (Å²) in [6.45, 7) is 0.0594. The first-order valence-corrected chi connectivity index (χ1v) is 7.59. The molecule has 0 aliphatic rings. The second kappa shape index (κ2) is 5.65. The molecule has 0 fully saturated rings. The summed E-state index contributed by atoms with van der Waals surface area (Å²) < 4.78 is 5.47. The molecular formula is C15H13N3O2S. The van der Waals surface area contributed by atoms with Crippen molar-refractivity contribution < 1.29 is 4.74 Å². The monoisotopic (exact) mass is 299 g/mol. The van der Waals surface area contributed by atoms with Crippen molar-refractivity contribution in [3.05, 3.63) is 41.1 Å². The van der Waals surface area contributed by atoms with Gasteiger partial charge in [-0.1, -0.05) is 5.18 Å². The molecule has 0 aliphatic carbocycles. The lowest BCUT2D eigenvalue weighted by Crippen LogP contribution is -1.95. The number of pyridine rings is 2. The fraction of sp³-hybridized carbons (Fsp3) is 0.200. The van der Waals surface area contributed by atoms with E-state index >= 15 is 0 Å². The van der Waals surface area contributed by atoms with Crippen molar-refractivity contribution in [1.29, 1.82) is 0 Å². The molecule has 6 heteroatoms. The fourth-order valence-electron chi connectivity index (χ4n) is 2.39. The van der Waals surface area contributed by atoms with Crippen molar-refractivity contribution >= 4 is 33.6 Å². The molecule has 0 unspecified atom stereocenters. The summed E-state index contributed by atoms with van der Waals surface area (Å²) in [6, 6.07) is 7.67. The highest BCUT2D eigenvalue weighted by molar-refractivity contribution is 7.98. The van der Waals surface area contributed by atoms with E-state index in [1.807, 2.05) is 30.5 Å². The third-order valence-corrected chi connectivity index (χ3v) is 4.09. The Morgan fingerprint density at radius 1 is 1.29 bits per heavy atom. The highest BCUT2D eigenvalue weighted by Crippen LogP contribution is 2.35. The lowest BCUT2D eigenvalue weighted by Gasteiger charge is -2.11. The quantitative estimate of drug-likeness (QED) is 0.417. The van der Waals surface area contributed by atoms with Crippen LogP contribution in [0.3, 0.4) is 0 Å². The summed E-state index contributed by atoms with van der Waals surface area (Å²) in [7, 11) is 1.64. The maximum absolute atomic E-state index is 10.5. The fourth-order valence-corrected chi connectivity index (χ4v) is 3.02. The van der Waals surface area contributed by atoms with Gasteiger partial charge < -0.3 is 4.74 Å². The highest BCUT2D eigenvalue weighted by atomic mass is 32.2. The van der Waals surface area contributed by atoms with Crippen molar-refractivity contribution in [1.82, 2.24) is 9.97 Å². The van der Waals surface area contributed by atoms with Gasteiger partial charge in [0.2, 0.25) is 0 Å². The number of hydrogen-bond acceptors (Lipinski definition) is 6. The molecule has 0 saturated heterocycles. The topological polar surface area (TPSA) is 64.4 Å². The van der Waals surface area contributed by atoms with E-state index in [-0.39, 0.29) is 6.54 Å². The van der Waals surface area contributed by atoms with Gasteiger partial charge in [0.15, 0.2) is 0 Å². The smallest absolute Gasteiger partial charge is 0.129 e. The minimum atomic E-state index is 0.0594. The Labute approximate surface area is 125 Å². The normalized spacial score (nSPS) is 11.0. The predicted molar refractivity (Wildman–Crippen MR) is 84.9 cm³/mol. The molecule has 0 bridgehead atoms. The van der Waals surface area contributed by atoms with Gasteiger partial charge in [-0.15, -0.1) is 11.8 Å². The van der Waals surface area contributed by atoms with E-state index in [2.05, 4.69) is 15.1 Å². The van der Waals surface area contributed by atoms with Gasteiger partial charge in [0.1, 0.15) is 17.8 Å². The van der Waals surface area contributed by atoms with E-state index in [0.717, 1.165) is 32.5 Å². The van der Waals surface area contributed by atoms with Gasteiger partial charge in [-0.3, -0.25) is 4.98 Å². The number of nitrogens with zero attached hydrogens (tertiary/aromatic N) is 3. The summed E-state index contributed by atoms with van der Waals surface area (Å²) in [5.74, 6) is 0.768. The van der Waals surface area contributed by atoms with Crippen LogP contribution >= 0.6 is 11.8 Å². The molecule has 2 heterocycles. The van der Waals surface area contributed by atoms with E-state index in [1.54, 1.807) is 25.1 Å². The Balaban J connectivity index is 2.46. The highest BCUT2D eigenvalue weighted by Gasteiger charge is 2.13. The maximum atomic E-state index is 10.5. The molecule has 3 aromatic rings. The number of ether oxygens (including phenoxy) is 1. The molecule has 1 aromatic carbocycles. The van der Waals surface area contributed by atoms with Crippen LogP contribution in [0.15, 0.2) is 40.5 Å². The van der Waals surface area contributed by atoms with Gasteiger partial charge in [-0.05, 0) is 30.5 Å². The van der Waals surface area contributed by atoms with Crippen LogP contribution in [0.1, 0.15) is 5.69 Å². The zero-order valence-electron chi connectivity index (χ0n) is 11.7. The Morgan fingerprint density at radius 2 is 2.14 bits per heavy atom. The molecule has 2 aromatic heterocycles. The minimum Gasteiger partial charge on any atom is -0.496 e. The minimum absolute atomic E-state index is 0.0594. The van der Waals surface area contributed by atoms with Gasteiger partial charge in [-0.25, -0.2) is 4.98 Å². The van der Waals surface area contributed by atoms with Crippen LogP contribution in [-0.2, 0) is 6.54 Å².